The maximum Gasteiger partial charge on any atom is 0.170 e. The fraction of sp³-hybridized carbons (Fsp3) is 0.250. The molecule has 0 saturated carbocycles. The molecule has 0 bridgehead atoms. The van der Waals surface area contributed by atoms with E-state index in [2.05, 4.69) is 15.0 Å². The predicted octanol–water partition coefficient (Wildman–Crippen LogP) is 1.22. The quantitative estimate of drug-likeness (QED) is 0.854. The van der Waals surface area contributed by atoms with Gasteiger partial charge in [-0.3, -0.25) is 0 Å². The first-order chi connectivity index (χ1) is 8.28. The van der Waals surface area contributed by atoms with Crippen molar-refractivity contribution >= 4 is 0 Å². The van der Waals surface area contributed by atoms with Crippen LogP contribution in [0.25, 0.3) is 0 Å². The molecule has 0 saturated heterocycles. The van der Waals surface area contributed by atoms with Gasteiger partial charge in [0.2, 0.25) is 0 Å². The van der Waals surface area contributed by atoms with Crippen molar-refractivity contribution in [2.24, 2.45) is 5.73 Å². The first-order valence-corrected chi connectivity index (χ1v) is 5.36. The van der Waals surface area contributed by atoms with Crippen LogP contribution < -0.4 is 10.5 Å². The molecular weight excluding hydrogens is 216 g/mol. The second kappa shape index (κ2) is 5.36. The Kier molecular flexibility index (Phi) is 3.62. The minimum atomic E-state index is 0.307. The molecular formula is C12H14N4O. The molecule has 0 aliphatic heterocycles. The van der Waals surface area contributed by atoms with E-state index in [1.54, 1.807) is 0 Å². The van der Waals surface area contributed by atoms with Crippen LogP contribution in [0.2, 0.25) is 0 Å². The van der Waals surface area contributed by atoms with Gasteiger partial charge in [-0.15, -0.1) is 0 Å². The molecule has 2 N–H and O–H groups in total. The highest BCUT2D eigenvalue weighted by Gasteiger charge is 2.03. The summed E-state index contributed by atoms with van der Waals surface area (Å²) in [6, 6.07) is 9.54. The zero-order chi connectivity index (χ0) is 12.1. The second-order valence-electron chi connectivity index (χ2n) is 3.52. The lowest BCUT2D eigenvalue weighted by Gasteiger charge is -2.06. The summed E-state index contributed by atoms with van der Waals surface area (Å²) in [5, 5.41) is 0. The molecule has 0 fully saturated rings. The number of benzene rings is 1. The number of aromatic nitrogens is 3. The monoisotopic (exact) mass is 230 g/mol. The summed E-state index contributed by atoms with van der Waals surface area (Å²) < 4.78 is 5.55. The molecule has 1 aromatic carbocycles. The van der Waals surface area contributed by atoms with Gasteiger partial charge in [0, 0.05) is 0 Å². The number of ether oxygens (including phenoxy) is 1. The summed E-state index contributed by atoms with van der Waals surface area (Å²) in [7, 11) is 0. The Bertz CT molecular complexity index is 487. The summed E-state index contributed by atoms with van der Waals surface area (Å²) in [6.07, 6.45) is 0. The van der Waals surface area contributed by atoms with E-state index in [0.717, 1.165) is 5.75 Å². The van der Waals surface area contributed by atoms with Crippen molar-refractivity contribution in [3.63, 3.8) is 0 Å². The molecule has 17 heavy (non-hydrogen) atoms. The van der Waals surface area contributed by atoms with Crippen LogP contribution >= 0.6 is 0 Å². The number of hydrogen-bond acceptors (Lipinski definition) is 5. The third kappa shape index (κ3) is 3.22. The number of nitrogens with two attached hydrogens (primary N) is 1. The van der Waals surface area contributed by atoms with Crippen LogP contribution in [0.4, 0.5) is 0 Å². The van der Waals surface area contributed by atoms with Gasteiger partial charge in [-0.05, 0) is 19.1 Å². The molecule has 0 aliphatic rings. The van der Waals surface area contributed by atoms with Crippen molar-refractivity contribution in [3.05, 3.63) is 47.8 Å². The molecule has 2 rings (SSSR count). The van der Waals surface area contributed by atoms with Crippen LogP contribution in [-0.4, -0.2) is 15.0 Å². The Labute approximate surface area is 99.7 Å². The van der Waals surface area contributed by atoms with Gasteiger partial charge in [0.1, 0.15) is 24.0 Å². The molecule has 0 spiro atoms. The van der Waals surface area contributed by atoms with Gasteiger partial charge in [-0.25, -0.2) is 15.0 Å². The molecule has 88 valence electrons. The topological polar surface area (TPSA) is 73.9 Å². The number of aryl methyl sites for hydroxylation is 1. The van der Waals surface area contributed by atoms with E-state index >= 15 is 0 Å². The maximum atomic E-state index is 5.55. The molecule has 1 heterocycles. The van der Waals surface area contributed by atoms with Gasteiger partial charge in [0.25, 0.3) is 0 Å². The minimum absolute atomic E-state index is 0.307. The normalized spacial score (nSPS) is 10.2. The van der Waals surface area contributed by atoms with E-state index in [-0.39, 0.29) is 0 Å². The van der Waals surface area contributed by atoms with E-state index in [4.69, 9.17) is 10.5 Å². The van der Waals surface area contributed by atoms with E-state index < -0.39 is 0 Å². The maximum absolute atomic E-state index is 5.55. The summed E-state index contributed by atoms with van der Waals surface area (Å²) in [5.74, 6) is 2.64. The summed E-state index contributed by atoms with van der Waals surface area (Å²) in [5.41, 5.74) is 5.50. The summed E-state index contributed by atoms with van der Waals surface area (Å²) in [6.45, 7) is 2.44. The largest absolute Gasteiger partial charge is 0.486 e. The van der Waals surface area contributed by atoms with Gasteiger partial charge in [0.05, 0.1) is 6.54 Å². The van der Waals surface area contributed by atoms with Crippen LogP contribution in [0.15, 0.2) is 30.3 Å². The molecule has 2 aromatic rings. The highest BCUT2D eigenvalue weighted by atomic mass is 16.5. The minimum Gasteiger partial charge on any atom is -0.486 e. The van der Waals surface area contributed by atoms with E-state index in [0.29, 0.717) is 30.6 Å². The zero-order valence-electron chi connectivity index (χ0n) is 9.63. The fourth-order valence-electron chi connectivity index (χ4n) is 1.42. The Balaban J connectivity index is 2.06. The number of para-hydroxylation sites is 1. The first-order valence-electron chi connectivity index (χ1n) is 5.36. The number of hydrogen-bond donors (Lipinski definition) is 1. The standard InChI is InChI=1S/C12H14N4O/c1-9-14-11(7-13)16-12(15-9)8-17-10-5-3-2-4-6-10/h2-6H,7-8,13H2,1H3. The third-order valence-corrected chi connectivity index (χ3v) is 2.13. The van der Waals surface area contributed by atoms with Gasteiger partial charge in [-0.2, -0.15) is 0 Å². The van der Waals surface area contributed by atoms with E-state index in [1.807, 2.05) is 37.3 Å². The van der Waals surface area contributed by atoms with Gasteiger partial charge in [0.15, 0.2) is 5.82 Å². The van der Waals surface area contributed by atoms with Gasteiger partial charge < -0.3 is 10.5 Å². The molecule has 0 radical (unpaired) electrons. The van der Waals surface area contributed by atoms with Crippen molar-refractivity contribution in [3.8, 4) is 5.75 Å². The van der Waals surface area contributed by atoms with Crippen LogP contribution in [-0.2, 0) is 13.2 Å². The van der Waals surface area contributed by atoms with Crippen molar-refractivity contribution in [2.75, 3.05) is 0 Å². The molecule has 5 nitrogen and oxygen atoms in total. The molecule has 5 heteroatoms. The van der Waals surface area contributed by atoms with Gasteiger partial charge in [-0.1, -0.05) is 18.2 Å². The fourth-order valence-corrected chi connectivity index (χ4v) is 1.42. The van der Waals surface area contributed by atoms with Crippen molar-refractivity contribution in [1.82, 2.24) is 15.0 Å². The van der Waals surface area contributed by atoms with Gasteiger partial charge >= 0.3 is 0 Å². The molecule has 0 aliphatic carbocycles. The Hall–Kier alpha value is -2.01. The number of rotatable bonds is 4. The Morgan fingerprint density at radius 3 is 2.47 bits per heavy atom. The molecule has 0 unspecified atom stereocenters. The second-order valence-corrected chi connectivity index (χ2v) is 3.52. The average Bonchev–Trinajstić information content (AvgIpc) is 2.37. The van der Waals surface area contributed by atoms with Crippen LogP contribution in [0.1, 0.15) is 17.5 Å². The highest BCUT2D eigenvalue weighted by molar-refractivity contribution is 5.21. The molecule has 0 atom stereocenters. The lowest BCUT2D eigenvalue weighted by molar-refractivity contribution is 0.294. The summed E-state index contributed by atoms with van der Waals surface area (Å²) in [4.78, 5) is 12.5. The van der Waals surface area contributed by atoms with Crippen LogP contribution in [0.5, 0.6) is 5.75 Å². The molecule has 0 amide bonds. The SMILES string of the molecule is Cc1nc(CN)nc(COc2ccccc2)n1. The Morgan fingerprint density at radius 1 is 1.06 bits per heavy atom. The summed E-state index contributed by atoms with van der Waals surface area (Å²) >= 11 is 0. The number of nitrogens with zero attached hydrogens (tertiary/aromatic N) is 3. The van der Waals surface area contributed by atoms with Crippen molar-refractivity contribution in [2.45, 2.75) is 20.1 Å². The van der Waals surface area contributed by atoms with Crippen LogP contribution in [0.3, 0.4) is 0 Å². The van der Waals surface area contributed by atoms with Crippen molar-refractivity contribution < 1.29 is 4.74 Å². The predicted molar refractivity (Wildman–Crippen MR) is 63.2 cm³/mol. The average molecular weight is 230 g/mol. The third-order valence-electron chi connectivity index (χ3n) is 2.13. The lowest BCUT2D eigenvalue weighted by Crippen LogP contribution is -2.11. The van der Waals surface area contributed by atoms with Crippen LogP contribution in [0, 0.1) is 6.92 Å². The van der Waals surface area contributed by atoms with E-state index in [9.17, 15) is 0 Å². The smallest absolute Gasteiger partial charge is 0.170 e. The zero-order valence-corrected chi connectivity index (χ0v) is 9.63. The lowest BCUT2D eigenvalue weighted by atomic mass is 10.3. The highest BCUT2D eigenvalue weighted by Crippen LogP contribution is 2.10. The van der Waals surface area contributed by atoms with Crippen molar-refractivity contribution in [1.29, 1.82) is 0 Å². The molecule has 1 aromatic heterocycles. The first kappa shape index (κ1) is 11.5. The Morgan fingerprint density at radius 2 is 1.76 bits per heavy atom. The van der Waals surface area contributed by atoms with E-state index in [1.165, 1.54) is 0 Å².